The molecule has 3 aliphatic heterocycles. The number of alkyl halides is 3. The molecule has 3 fully saturated rings. The molecule has 5 rings (SSSR count). The standard InChI is InChI=1S/C23H28F3N3S/c24-23(25,26)18-6-3-7-19(13-18)27-22(30)29-10-4-5-15-11-16-12-17(21(15)29)14-28-9-2-1-8-20(16)28/h3,6-7,11,13,16-17,20-21H,1-2,4-5,8-10,12,14H2,(H,27,30)/t16?,17?,20-,21-/m1/s1. The molecule has 3 nitrogen and oxygen atoms in total. The average Bonchev–Trinajstić information content (AvgIpc) is 2.73. The lowest BCUT2D eigenvalue weighted by Crippen LogP contribution is -2.60. The Hall–Kier alpha value is -1.60. The van der Waals surface area contributed by atoms with Crippen LogP contribution in [0.5, 0.6) is 0 Å². The Bertz CT molecular complexity index is 852. The molecule has 30 heavy (non-hydrogen) atoms. The average molecular weight is 436 g/mol. The van der Waals surface area contributed by atoms with E-state index in [1.807, 2.05) is 0 Å². The molecule has 1 aliphatic carbocycles. The summed E-state index contributed by atoms with van der Waals surface area (Å²) in [6.45, 7) is 3.17. The minimum atomic E-state index is -4.36. The van der Waals surface area contributed by atoms with Crippen LogP contribution < -0.4 is 5.32 Å². The smallest absolute Gasteiger partial charge is 0.342 e. The molecule has 2 unspecified atom stereocenters. The van der Waals surface area contributed by atoms with Crippen LogP contribution in [0.25, 0.3) is 0 Å². The third kappa shape index (κ3) is 3.75. The van der Waals surface area contributed by atoms with Crippen molar-refractivity contribution in [3.05, 3.63) is 41.5 Å². The maximum absolute atomic E-state index is 13.1. The van der Waals surface area contributed by atoms with E-state index in [0.29, 0.717) is 28.7 Å². The molecule has 162 valence electrons. The van der Waals surface area contributed by atoms with E-state index in [4.69, 9.17) is 12.2 Å². The van der Waals surface area contributed by atoms with Gasteiger partial charge < -0.3 is 10.2 Å². The van der Waals surface area contributed by atoms with Gasteiger partial charge in [-0.1, -0.05) is 24.1 Å². The summed E-state index contributed by atoms with van der Waals surface area (Å²) in [5.74, 6) is 1.20. The minimum Gasteiger partial charge on any atom is -0.342 e. The van der Waals surface area contributed by atoms with E-state index in [0.717, 1.165) is 38.1 Å². The first kappa shape index (κ1) is 20.3. The molecule has 0 spiro atoms. The summed E-state index contributed by atoms with van der Waals surface area (Å²) in [6, 6.07) is 6.30. The van der Waals surface area contributed by atoms with Gasteiger partial charge in [-0.2, -0.15) is 13.2 Å². The normalized spacial score (nSPS) is 31.4. The van der Waals surface area contributed by atoms with E-state index in [2.05, 4.69) is 21.2 Å². The topological polar surface area (TPSA) is 18.5 Å². The van der Waals surface area contributed by atoms with Crippen molar-refractivity contribution >= 4 is 23.0 Å². The number of anilines is 1. The number of halogens is 3. The number of likely N-dealkylation sites (tertiary alicyclic amines) is 1. The molecule has 2 bridgehead atoms. The van der Waals surface area contributed by atoms with Gasteiger partial charge in [0, 0.05) is 24.8 Å². The van der Waals surface area contributed by atoms with Gasteiger partial charge in [0.1, 0.15) is 0 Å². The third-order valence-electron chi connectivity index (χ3n) is 7.36. The predicted octanol–water partition coefficient (Wildman–Crippen LogP) is 5.30. The fourth-order valence-electron chi connectivity index (χ4n) is 6.17. The lowest BCUT2D eigenvalue weighted by atomic mass is 9.68. The van der Waals surface area contributed by atoms with E-state index < -0.39 is 11.7 Å². The molecule has 4 atom stereocenters. The van der Waals surface area contributed by atoms with Crippen molar-refractivity contribution in [3.63, 3.8) is 0 Å². The molecule has 3 saturated heterocycles. The number of hydrogen-bond acceptors (Lipinski definition) is 2. The molecule has 3 heterocycles. The summed E-state index contributed by atoms with van der Waals surface area (Å²) >= 11 is 5.72. The van der Waals surface area contributed by atoms with Crippen LogP contribution in [-0.4, -0.2) is 46.6 Å². The largest absolute Gasteiger partial charge is 0.416 e. The zero-order valence-corrected chi connectivity index (χ0v) is 17.8. The second-order valence-corrected chi connectivity index (χ2v) is 9.60. The van der Waals surface area contributed by atoms with Crippen molar-refractivity contribution in [2.75, 3.05) is 25.0 Å². The number of benzene rings is 1. The highest BCUT2D eigenvalue weighted by atomic mass is 32.1. The number of piperidine rings is 3. The van der Waals surface area contributed by atoms with Gasteiger partial charge in [-0.05, 0) is 80.9 Å². The van der Waals surface area contributed by atoms with E-state index in [9.17, 15) is 13.2 Å². The predicted molar refractivity (Wildman–Crippen MR) is 116 cm³/mol. The lowest BCUT2D eigenvalue weighted by Gasteiger charge is -2.55. The van der Waals surface area contributed by atoms with Crippen LogP contribution in [-0.2, 0) is 6.18 Å². The van der Waals surface area contributed by atoms with Crippen LogP contribution in [0.15, 0.2) is 35.9 Å². The first-order chi connectivity index (χ1) is 14.4. The summed E-state index contributed by atoms with van der Waals surface area (Å²) in [7, 11) is 0. The number of fused-ring (bicyclic) bond motifs is 6. The van der Waals surface area contributed by atoms with Gasteiger partial charge in [-0.15, -0.1) is 0 Å². The summed E-state index contributed by atoms with van der Waals surface area (Å²) in [6.07, 6.45) is 5.48. The highest BCUT2D eigenvalue weighted by Crippen LogP contribution is 2.45. The van der Waals surface area contributed by atoms with Crippen molar-refractivity contribution in [2.45, 2.75) is 56.8 Å². The first-order valence-corrected chi connectivity index (χ1v) is 11.5. The van der Waals surface area contributed by atoms with Crippen molar-refractivity contribution < 1.29 is 13.2 Å². The van der Waals surface area contributed by atoms with Gasteiger partial charge in [0.15, 0.2) is 5.11 Å². The molecule has 0 amide bonds. The third-order valence-corrected chi connectivity index (χ3v) is 7.70. The van der Waals surface area contributed by atoms with Crippen LogP contribution in [0.1, 0.15) is 44.1 Å². The fraction of sp³-hybridized carbons (Fsp3) is 0.609. The van der Waals surface area contributed by atoms with Gasteiger partial charge >= 0.3 is 6.18 Å². The molecule has 0 saturated carbocycles. The molecular weight excluding hydrogens is 407 g/mol. The summed E-state index contributed by atoms with van der Waals surface area (Å²) < 4.78 is 39.2. The number of hydrogen-bond donors (Lipinski definition) is 1. The number of thiocarbonyl (C=S) groups is 1. The second kappa shape index (κ2) is 7.83. The van der Waals surface area contributed by atoms with E-state index >= 15 is 0 Å². The van der Waals surface area contributed by atoms with Gasteiger partial charge in [0.25, 0.3) is 0 Å². The molecule has 0 aromatic heterocycles. The van der Waals surface area contributed by atoms with Crippen molar-refractivity contribution in [2.24, 2.45) is 11.8 Å². The second-order valence-electron chi connectivity index (χ2n) is 9.21. The van der Waals surface area contributed by atoms with Gasteiger partial charge in [0.2, 0.25) is 0 Å². The van der Waals surface area contributed by atoms with E-state index in [-0.39, 0.29) is 6.04 Å². The monoisotopic (exact) mass is 435 g/mol. The van der Waals surface area contributed by atoms with Crippen LogP contribution >= 0.6 is 12.2 Å². The molecule has 7 heteroatoms. The van der Waals surface area contributed by atoms with Crippen molar-refractivity contribution in [1.29, 1.82) is 0 Å². The van der Waals surface area contributed by atoms with Crippen LogP contribution in [0, 0.1) is 11.8 Å². The summed E-state index contributed by atoms with van der Waals surface area (Å²) in [5.41, 5.74) is 1.25. The van der Waals surface area contributed by atoms with Gasteiger partial charge in [-0.25, -0.2) is 0 Å². The zero-order valence-electron chi connectivity index (χ0n) is 17.0. The maximum atomic E-state index is 13.1. The number of nitrogens with zero attached hydrogens (tertiary/aromatic N) is 2. The zero-order chi connectivity index (χ0) is 20.9. The first-order valence-electron chi connectivity index (χ1n) is 11.1. The molecule has 0 radical (unpaired) electrons. The molecule has 1 aromatic rings. The quantitative estimate of drug-likeness (QED) is 0.477. The van der Waals surface area contributed by atoms with Crippen molar-refractivity contribution in [3.8, 4) is 0 Å². The fourth-order valence-corrected chi connectivity index (χ4v) is 6.49. The highest BCUT2D eigenvalue weighted by Gasteiger charge is 2.46. The van der Waals surface area contributed by atoms with Crippen molar-refractivity contribution in [1.82, 2.24) is 9.80 Å². The Morgan fingerprint density at radius 3 is 2.83 bits per heavy atom. The molecular formula is C23H28F3N3S. The number of rotatable bonds is 1. The minimum absolute atomic E-state index is 0.281. The SMILES string of the molecule is FC(F)(F)c1cccc(NC(=S)N2CCCC3=CC4CC(CN5CCCC[C@H]45)[C@@H]32)c1. The Morgan fingerprint density at radius 1 is 1.13 bits per heavy atom. The van der Waals surface area contributed by atoms with Crippen LogP contribution in [0.4, 0.5) is 18.9 Å². The van der Waals surface area contributed by atoms with E-state index in [1.54, 1.807) is 6.07 Å². The Kier molecular flexibility index (Phi) is 5.30. The Morgan fingerprint density at radius 2 is 2.00 bits per heavy atom. The summed E-state index contributed by atoms with van der Waals surface area (Å²) in [5, 5.41) is 3.65. The van der Waals surface area contributed by atoms with Crippen LogP contribution in [0.2, 0.25) is 0 Å². The molecule has 4 aliphatic rings. The Labute approximate surface area is 181 Å². The molecule has 1 aromatic carbocycles. The Balaban J connectivity index is 1.36. The van der Waals surface area contributed by atoms with Gasteiger partial charge in [0.05, 0.1) is 11.6 Å². The summed E-state index contributed by atoms with van der Waals surface area (Å²) in [4.78, 5) is 4.93. The van der Waals surface area contributed by atoms with E-state index in [1.165, 1.54) is 43.9 Å². The molecule has 1 N–H and O–H groups in total. The number of nitrogens with one attached hydrogen (secondary N) is 1. The lowest BCUT2D eigenvalue weighted by molar-refractivity contribution is -0.137. The van der Waals surface area contributed by atoms with Crippen LogP contribution in [0.3, 0.4) is 0 Å². The highest BCUT2D eigenvalue weighted by molar-refractivity contribution is 7.80. The van der Waals surface area contributed by atoms with Gasteiger partial charge in [-0.3, -0.25) is 4.90 Å². The maximum Gasteiger partial charge on any atom is 0.416 e.